The van der Waals surface area contributed by atoms with Gasteiger partial charge in [0.25, 0.3) is 0 Å². The maximum absolute atomic E-state index is 11.3. The summed E-state index contributed by atoms with van der Waals surface area (Å²) in [6, 6.07) is 0. The zero-order chi connectivity index (χ0) is 12.3. The van der Waals surface area contributed by atoms with E-state index in [1.54, 1.807) is 6.92 Å². The van der Waals surface area contributed by atoms with Gasteiger partial charge in [0.15, 0.2) is 0 Å². The van der Waals surface area contributed by atoms with E-state index >= 15 is 0 Å². The van der Waals surface area contributed by atoms with Crippen LogP contribution in [-0.4, -0.2) is 29.7 Å². The fraction of sp³-hybridized carbons (Fsp3) is 0.700. The molecule has 6 heteroatoms. The van der Waals surface area contributed by atoms with E-state index in [0.29, 0.717) is 13.0 Å². The number of rotatable bonds is 5. The Morgan fingerprint density at radius 2 is 2.00 bits per heavy atom. The zero-order valence-electron chi connectivity index (χ0n) is 9.83. The molecule has 0 aliphatic carbocycles. The van der Waals surface area contributed by atoms with Gasteiger partial charge in [0.2, 0.25) is 0 Å². The molecule has 0 unspecified atom stereocenters. The first kappa shape index (κ1) is 13.7. The van der Waals surface area contributed by atoms with Gasteiger partial charge in [0.1, 0.15) is 9.84 Å². The third-order valence-corrected chi connectivity index (χ3v) is 5.50. The molecule has 0 atom stereocenters. The molecular formula is C10H17BrN2O2S. The van der Waals surface area contributed by atoms with Crippen LogP contribution in [0.1, 0.15) is 24.7 Å². The van der Waals surface area contributed by atoms with E-state index < -0.39 is 9.84 Å². The van der Waals surface area contributed by atoms with Crippen molar-refractivity contribution < 1.29 is 8.42 Å². The van der Waals surface area contributed by atoms with Crippen LogP contribution in [0.25, 0.3) is 0 Å². The SMILES string of the molecule is CCS(=O)(=O)CCCn1nc(C)c(Br)c1C. The van der Waals surface area contributed by atoms with Crippen LogP contribution in [0, 0.1) is 13.8 Å². The first-order chi connectivity index (χ1) is 7.37. The third-order valence-electron chi connectivity index (χ3n) is 2.56. The largest absolute Gasteiger partial charge is 0.268 e. The summed E-state index contributed by atoms with van der Waals surface area (Å²) >= 11 is 3.44. The summed E-state index contributed by atoms with van der Waals surface area (Å²) < 4.78 is 25.5. The lowest BCUT2D eigenvalue weighted by Crippen LogP contribution is -2.12. The summed E-state index contributed by atoms with van der Waals surface area (Å²) in [5, 5.41) is 4.33. The Labute approximate surface area is 105 Å². The van der Waals surface area contributed by atoms with Crippen molar-refractivity contribution in [3.05, 3.63) is 15.9 Å². The molecule has 0 amide bonds. The Kier molecular flexibility index (Phi) is 4.55. The predicted molar refractivity (Wildman–Crippen MR) is 68.3 cm³/mol. The number of hydrogen-bond acceptors (Lipinski definition) is 3. The molecule has 0 saturated carbocycles. The van der Waals surface area contributed by atoms with E-state index in [2.05, 4.69) is 21.0 Å². The van der Waals surface area contributed by atoms with Crippen LogP contribution in [-0.2, 0) is 16.4 Å². The molecule has 92 valence electrons. The number of sulfone groups is 1. The molecule has 0 aliphatic heterocycles. The third kappa shape index (κ3) is 3.31. The maximum Gasteiger partial charge on any atom is 0.150 e. The van der Waals surface area contributed by atoms with Gasteiger partial charge in [-0.3, -0.25) is 4.68 Å². The molecule has 0 spiro atoms. The van der Waals surface area contributed by atoms with E-state index in [0.717, 1.165) is 15.9 Å². The molecule has 1 heterocycles. The fourth-order valence-corrected chi connectivity index (χ4v) is 2.61. The van der Waals surface area contributed by atoms with Gasteiger partial charge in [-0.1, -0.05) is 6.92 Å². The molecule has 0 fully saturated rings. The molecule has 4 nitrogen and oxygen atoms in total. The quantitative estimate of drug-likeness (QED) is 0.837. The summed E-state index contributed by atoms with van der Waals surface area (Å²) in [7, 11) is -2.86. The predicted octanol–water partition coefficient (Wildman–Crippen LogP) is 2.09. The highest BCUT2D eigenvalue weighted by atomic mass is 79.9. The highest BCUT2D eigenvalue weighted by molar-refractivity contribution is 9.10. The molecule has 16 heavy (non-hydrogen) atoms. The van der Waals surface area contributed by atoms with Crippen LogP contribution in [0.2, 0.25) is 0 Å². The summed E-state index contributed by atoms with van der Waals surface area (Å²) in [6.45, 7) is 6.22. The van der Waals surface area contributed by atoms with E-state index in [4.69, 9.17) is 0 Å². The van der Waals surface area contributed by atoms with Crippen molar-refractivity contribution in [3.8, 4) is 0 Å². The minimum absolute atomic E-state index is 0.216. The second-order valence-corrected chi connectivity index (χ2v) is 7.06. The topological polar surface area (TPSA) is 52.0 Å². The van der Waals surface area contributed by atoms with Crippen LogP contribution >= 0.6 is 15.9 Å². The van der Waals surface area contributed by atoms with Gasteiger partial charge in [-0.2, -0.15) is 5.10 Å². The van der Waals surface area contributed by atoms with Crippen molar-refractivity contribution in [2.45, 2.75) is 33.7 Å². The Bertz CT molecular complexity index is 465. The van der Waals surface area contributed by atoms with Crippen LogP contribution in [0.4, 0.5) is 0 Å². The lowest BCUT2D eigenvalue weighted by Gasteiger charge is -2.04. The number of halogens is 1. The van der Waals surface area contributed by atoms with Gasteiger partial charge in [0, 0.05) is 18.0 Å². The first-order valence-corrected chi connectivity index (χ1v) is 7.88. The summed E-state index contributed by atoms with van der Waals surface area (Å²) in [6.07, 6.45) is 0.616. The van der Waals surface area contributed by atoms with Gasteiger partial charge >= 0.3 is 0 Å². The first-order valence-electron chi connectivity index (χ1n) is 5.27. The molecule has 0 saturated heterocycles. The molecule has 0 aromatic carbocycles. The number of nitrogens with zero attached hydrogens (tertiary/aromatic N) is 2. The molecule has 0 aliphatic rings. The Morgan fingerprint density at radius 1 is 1.38 bits per heavy atom. The Balaban J connectivity index is 2.59. The van der Waals surface area contributed by atoms with Crippen LogP contribution in [0.15, 0.2) is 4.47 Å². The molecule has 1 aromatic rings. The molecular weight excluding hydrogens is 292 g/mol. The lowest BCUT2D eigenvalue weighted by atomic mass is 10.4. The Hall–Kier alpha value is -0.360. The van der Waals surface area contributed by atoms with Gasteiger partial charge < -0.3 is 0 Å². The van der Waals surface area contributed by atoms with Crippen molar-refractivity contribution >= 4 is 25.8 Å². The van der Waals surface area contributed by atoms with E-state index in [-0.39, 0.29) is 11.5 Å². The number of aromatic nitrogens is 2. The zero-order valence-corrected chi connectivity index (χ0v) is 12.2. The van der Waals surface area contributed by atoms with Crippen LogP contribution < -0.4 is 0 Å². The van der Waals surface area contributed by atoms with E-state index in [9.17, 15) is 8.42 Å². The van der Waals surface area contributed by atoms with Crippen LogP contribution in [0.3, 0.4) is 0 Å². The molecule has 0 radical (unpaired) electrons. The van der Waals surface area contributed by atoms with Gasteiger partial charge in [-0.25, -0.2) is 8.42 Å². The second-order valence-electron chi connectivity index (χ2n) is 3.80. The van der Waals surface area contributed by atoms with E-state index in [1.165, 1.54) is 0 Å². The molecule has 0 bridgehead atoms. The smallest absolute Gasteiger partial charge is 0.150 e. The van der Waals surface area contributed by atoms with Crippen molar-refractivity contribution in [3.63, 3.8) is 0 Å². The van der Waals surface area contributed by atoms with Crippen molar-refractivity contribution in [1.29, 1.82) is 0 Å². The summed E-state index contributed by atoms with van der Waals surface area (Å²) in [4.78, 5) is 0. The molecule has 0 N–H and O–H groups in total. The second kappa shape index (κ2) is 5.31. The van der Waals surface area contributed by atoms with Crippen molar-refractivity contribution in [1.82, 2.24) is 9.78 Å². The number of aryl methyl sites for hydroxylation is 2. The molecule has 1 aromatic heterocycles. The Morgan fingerprint density at radius 3 is 2.44 bits per heavy atom. The standard InChI is InChI=1S/C10H17BrN2O2S/c1-4-16(14,15)7-5-6-13-9(3)10(11)8(2)12-13/h4-7H2,1-3H3. The average Bonchev–Trinajstić information content (AvgIpc) is 2.46. The van der Waals surface area contributed by atoms with Crippen LogP contribution in [0.5, 0.6) is 0 Å². The highest BCUT2D eigenvalue weighted by Crippen LogP contribution is 2.19. The summed E-state index contributed by atoms with van der Waals surface area (Å²) in [5.74, 6) is 0.452. The number of hydrogen-bond donors (Lipinski definition) is 0. The fourth-order valence-electron chi connectivity index (χ4n) is 1.47. The van der Waals surface area contributed by atoms with Gasteiger partial charge in [-0.05, 0) is 36.2 Å². The normalized spacial score (nSPS) is 12.0. The monoisotopic (exact) mass is 308 g/mol. The van der Waals surface area contributed by atoms with E-state index in [1.807, 2.05) is 18.5 Å². The maximum atomic E-state index is 11.3. The minimum atomic E-state index is -2.86. The highest BCUT2D eigenvalue weighted by Gasteiger charge is 2.10. The van der Waals surface area contributed by atoms with Gasteiger partial charge in [-0.15, -0.1) is 0 Å². The van der Waals surface area contributed by atoms with Crippen molar-refractivity contribution in [2.24, 2.45) is 0 Å². The summed E-state index contributed by atoms with van der Waals surface area (Å²) in [5.41, 5.74) is 1.99. The molecule has 1 rings (SSSR count). The van der Waals surface area contributed by atoms with Gasteiger partial charge in [0.05, 0.1) is 15.9 Å². The van der Waals surface area contributed by atoms with Crippen molar-refractivity contribution in [2.75, 3.05) is 11.5 Å². The lowest BCUT2D eigenvalue weighted by molar-refractivity contribution is 0.564. The minimum Gasteiger partial charge on any atom is -0.268 e. The average molecular weight is 309 g/mol.